The minimum Gasteiger partial charge on any atom is -0.338 e. The van der Waals surface area contributed by atoms with E-state index in [9.17, 15) is 18.4 Å². The van der Waals surface area contributed by atoms with Gasteiger partial charge in [0.2, 0.25) is 5.91 Å². The number of rotatable bonds is 4. The van der Waals surface area contributed by atoms with Crippen molar-refractivity contribution in [2.75, 3.05) is 16.8 Å². The fraction of sp³-hybridized carbons (Fsp3) is 0.160. The molecule has 1 aliphatic rings. The Kier molecular flexibility index (Phi) is 5.12. The van der Waals surface area contributed by atoms with Gasteiger partial charge in [-0.05, 0) is 66.6 Å². The third kappa shape index (κ3) is 3.84. The summed E-state index contributed by atoms with van der Waals surface area (Å²) < 4.78 is 27.6. The molecule has 2 heterocycles. The molecule has 0 saturated carbocycles. The predicted octanol–water partition coefficient (Wildman–Crippen LogP) is 5.06. The van der Waals surface area contributed by atoms with E-state index < -0.39 is 11.6 Å². The number of H-pyrrole nitrogens is 1. The number of carbonyl (C=O) groups excluding carboxylic acids is 2. The molecule has 1 aromatic heterocycles. The van der Waals surface area contributed by atoms with E-state index in [1.54, 1.807) is 29.2 Å². The van der Waals surface area contributed by atoms with E-state index in [-0.39, 0.29) is 23.2 Å². The Morgan fingerprint density at radius 1 is 1.09 bits per heavy atom. The highest BCUT2D eigenvalue weighted by Gasteiger charge is 2.24. The maximum absolute atomic E-state index is 14.1. The highest BCUT2D eigenvalue weighted by molar-refractivity contribution is 6.06. The van der Waals surface area contributed by atoms with Crippen LogP contribution in [-0.4, -0.2) is 28.3 Å². The molecule has 0 bridgehead atoms. The summed E-state index contributed by atoms with van der Waals surface area (Å²) in [7, 11) is 0. The molecule has 1 aliphatic heterocycles. The molecule has 0 saturated heterocycles. The van der Waals surface area contributed by atoms with Crippen molar-refractivity contribution in [2.45, 2.75) is 19.8 Å². The maximum atomic E-state index is 14.1. The van der Waals surface area contributed by atoms with Crippen LogP contribution in [0.2, 0.25) is 0 Å². The zero-order valence-electron chi connectivity index (χ0n) is 17.8. The number of nitrogens with one attached hydrogen (secondary N) is 2. The van der Waals surface area contributed by atoms with E-state index in [1.807, 2.05) is 19.1 Å². The monoisotopic (exact) mass is 446 g/mol. The zero-order chi connectivity index (χ0) is 23.1. The van der Waals surface area contributed by atoms with Crippen LogP contribution in [0.15, 0.2) is 54.6 Å². The number of aromatic amines is 1. The van der Waals surface area contributed by atoms with Crippen molar-refractivity contribution in [3.63, 3.8) is 0 Å². The minimum absolute atomic E-state index is 0.0329. The van der Waals surface area contributed by atoms with E-state index in [4.69, 9.17) is 0 Å². The number of nitrogens with zero attached hydrogens (tertiary/aromatic N) is 2. The van der Waals surface area contributed by atoms with Crippen LogP contribution in [0.25, 0.3) is 22.4 Å². The molecule has 2 amide bonds. The van der Waals surface area contributed by atoms with Crippen LogP contribution in [0.3, 0.4) is 0 Å². The second kappa shape index (κ2) is 8.12. The summed E-state index contributed by atoms with van der Waals surface area (Å²) in [5.41, 5.74) is 4.02. The number of aromatic nitrogens is 2. The lowest BCUT2D eigenvalue weighted by atomic mass is 10.1. The molecule has 3 aromatic carbocycles. The van der Waals surface area contributed by atoms with Gasteiger partial charge in [-0.2, -0.15) is 0 Å². The number of benzene rings is 3. The summed E-state index contributed by atoms with van der Waals surface area (Å²) in [6.07, 6.45) is 1.15. The zero-order valence-corrected chi connectivity index (χ0v) is 17.8. The standard InChI is InChI=1S/C25H20F2N4O2/c1-2-23(32)31-10-9-14-11-15(3-8-22(14)31)25(33)28-17-5-7-20-21(13-17)30-24(29-20)18-12-16(26)4-6-19(18)27/h3-8,11-13H,2,9-10H2,1H3,(H,28,33)(H,29,30). The Hall–Kier alpha value is -4.07. The van der Waals surface area contributed by atoms with Crippen LogP contribution in [0.1, 0.15) is 29.3 Å². The van der Waals surface area contributed by atoms with Gasteiger partial charge in [-0.1, -0.05) is 6.92 Å². The van der Waals surface area contributed by atoms with E-state index in [2.05, 4.69) is 15.3 Å². The molecule has 2 N–H and O–H groups in total. The van der Waals surface area contributed by atoms with Gasteiger partial charge in [0.15, 0.2) is 0 Å². The van der Waals surface area contributed by atoms with E-state index in [1.165, 1.54) is 0 Å². The SMILES string of the molecule is CCC(=O)N1CCc2cc(C(=O)Nc3ccc4nc(-c5cc(F)ccc5F)[nH]c4c3)ccc21. The topological polar surface area (TPSA) is 78.1 Å². The van der Waals surface area contributed by atoms with Gasteiger partial charge in [0.1, 0.15) is 17.5 Å². The number of amides is 2. The lowest BCUT2D eigenvalue weighted by Gasteiger charge is -2.16. The van der Waals surface area contributed by atoms with Crippen LogP contribution >= 0.6 is 0 Å². The van der Waals surface area contributed by atoms with Crippen LogP contribution < -0.4 is 10.2 Å². The van der Waals surface area contributed by atoms with Gasteiger partial charge in [-0.25, -0.2) is 13.8 Å². The summed E-state index contributed by atoms with van der Waals surface area (Å²) in [5.74, 6) is -1.16. The molecule has 166 valence electrons. The molecule has 6 nitrogen and oxygen atoms in total. The Labute approximate surface area is 188 Å². The molecule has 4 aromatic rings. The number of carbonyl (C=O) groups is 2. The minimum atomic E-state index is -0.584. The molecule has 0 atom stereocenters. The average molecular weight is 446 g/mol. The normalized spacial score (nSPS) is 12.8. The number of hydrogen-bond donors (Lipinski definition) is 2. The smallest absolute Gasteiger partial charge is 0.255 e. The molecule has 0 unspecified atom stereocenters. The van der Waals surface area contributed by atoms with Gasteiger partial charge in [-0.15, -0.1) is 0 Å². The average Bonchev–Trinajstić information content (AvgIpc) is 3.43. The lowest BCUT2D eigenvalue weighted by Crippen LogP contribution is -2.27. The second-order valence-electron chi connectivity index (χ2n) is 7.89. The Balaban J connectivity index is 1.38. The molecule has 33 heavy (non-hydrogen) atoms. The lowest BCUT2D eigenvalue weighted by molar-refractivity contribution is -0.118. The van der Waals surface area contributed by atoms with Crippen molar-refractivity contribution in [1.82, 2.24) is 9.97 Å². The van der Waals surface area contributed by atoms with E-state index in [0.717, 1.165) is 29.4 Å². The first-order valence-electron chi connectivity index (χ1n) is 10.6. The number of anilines is 2. The van der Waals surface area contributed by atoms with Gasteiger partial charge in [0.25, 0.3) is 5.91 Å². The van der Waals surface area contributed by atoms with E-state index in [0.29, 0.717) is 41.7 Å². The molecular formula is C25H20F2N4O2. The largest absolute Gasteiger partial charge is 0.338 e. The first kappa shape index (κ1) is 20.8. The number of fused-ring (bicyclic) bond motifs is 2. The maximum Gasteiger partial charge on any atom is 0.255 e. The fourth-order valence-corrected chi connectivity index (χ4v) is 4.09. The molecular weight excluding hydrogens is 426 g/mol. The molecule has 0 radical (unpaired) electrons. The molecule has 8 heteroatoms. The predicted molar refractivity (Wildman–Crippen MR) is 122 cm³/mol. The first-order valence-corrected chi connectivity index (χ1v) is 10.6. The van der Waals surface area contributed by atoms with Crippen molar-refractivity contribution in [2.24, 2.45) is 0 Å². The van der Waals surface area contributed by atoms with Crippen LogP contribution in [0.5, 0.6) is 0 Å². The van der Waals surface area contributed by atoms with Gasteiger partial charge in [0, 0.05) is 29.9 Å². The van der Waals surface area contributed by atoms with Crippen molar-refractivity contribution in [3.05, 3.63) is 77.4 Å². The summed E-state index contributed by atoms with van der Waals surface area (Å²) in [6, 6.07) is 13.6. The van der Waals surface area contributed by atoms with Crippen molar-refractivity contribution >= 4 is 34.2 Å². The highest BCUT2D eigenvalue weighted by Crippen LogP contribution is 2.30. The third-order valence-corrected chi connectivity index (χ3v) is 5.76. The van der Waals surface area contributed by atoms with Gasteiger partial charge < -0.3 is 15.2 Å². The van der Waals surface area contributed by atoms with Crippen molar-refractivity contribution in [3.8, 4) is 11.4 Å². The van der Waals surface area contributed by atoms with Gasteiger partial charge in [-0.3, -0.25) is 9.59 Å². The van der Waals surface area contributed by atoms with E-state index >= 15 is 0 Å². The number of hydrogen-bond acceptors (Lipinski definition) is 3. The number of halogens is 2. The second-order valence-corrected chi connectivity index (χ2v) is 7.89. The number of imidazole rings is 1. The summed E-state index contributed by atoms with van der Waals surface area (Å²) in [5, 5.41) is 2.85. The van der Waals surface area contributed by atoms with Crippen molar-refractivity contribution < 1.29 is 18.4 Å². The fourth-order valence-electron chi connectivity index (χ4n) is 4.09. The van der Waals surface area contributed by atoms with Gasteiger partial charge >= 0.3 is 0 Å². The third-order valence-electron chi connectivity index (χ3n) is 5.76. The van der Waals surface area contributed by atoms with Crippen LogP contribution in [-0.2, 0) is 11.2 Å². The summed E-state index contributed by atoms with van der Waals surface area (Å²) in [4.78, 5) is 34.0. The molecule has 5 rings (SSSR count). The van der Waals surface area contributed by atoms with Gasteiger partial charge in [0.05, 0.1) is 16.6 Å². The first-order chi connectivity index (χ1) is 15.9. The molecule has 0 fully saturated rings. The molecule has 0 aliphatic carbocycles. The Morgan fingerprint density at radius 2 is 1.94 bits per heavy atom. The Bertz CT molecular complexity index is 1410. The quantitative estimate of drug-likeness (QED) is 0.460. The Morgan fingerprint density at radius 3 is 2.76 bits per heavy atom. The summed E-state index contributed by atoms with van der Waals surface area (Å²) >= 11 is 0. The van der Waals surface area contributed by atoms with Crippen molar-refractivity contribution in [1.29, 1.82) is 0 Å². The van der Waals surface area contributed by atoms with Crippen LogP contribution in [0, 0.1) is 11.6 Å². The highest BCUT2D eigenvalue weighted by atomic mass is 19.1. The summed E-state index contributed by atoms with van der Waals surface area (Å²) in [6.45, 7) is 2.45. The van der Waals surface area contributed by atoms with Crippen LogP contribution in [0.4, 0.5) is 20.2 Å². The molecule has 0 spiro atoms.